The lowest BCUT2D eigenvalue weighted by Gasteiger charge is -2.15. The second kappa shape index (κ2) is 10.3. The van der Waals surface area contributed by atoms with Crippen LogP contribution in [0.1, 0.15) is 11.1 Å². The second-order valence-electron chi connectivity index (χ2n) is 7.97. The Labute approximate surface area is 212 Å². The lowest BCUT2D eigenvalue weighted by Crippen LogP contribution is -2.03. The van der Waals surface area contributed by atoms with Crippen molar-refractivity contribution in [3.05, 3.63) is 129 Å². The predicted molar refractivity (Wildman–Crippen MR) is 139 cm³/mol. The van der Waals surface area contributed by atoms with E-state index in [9.17, 15) is 4.79 Å². The number of benzene rings is 4. The molecule has 0 saturated carbocycles. The molecule has 4 nitrogen and oxygen atoms in total. The van der Waals surface area contributed by atoms with Gasteiger partial charge in [-0.3, -0.25) is 0 Å². The van der Waals surface area contributed by atoms with Crippen LogP contribution >= 0.6 is 23.2 Å². The fraction of sp³-hybridized carbons (Fsp3) is 0.0690. The molecule has 0 radical (unpaired) electrons. The summed E-state index contributed by atoms with van der Waals surface area (Å²) >= 11 is 12.0. The third-order valence-corrected chi connectivity index (χ3v) is 6.00. The summed E-state index contributed by atoms with van der Waals surface area (Å²) in [5.74, 6) is 1.07. The highest BCUT2D eigenvalue weighted by Gasteiger charge is 2.16. The van der Waals surface area contributed by atoms with Crippen molar-refractivity contribution >= 4 is 34.2 Å². The molecule has 0 fully saturated rings. The van der Waals surface area contributed by atoms with Crippen molar-refractivity contribution in [3.8, 4) is 22.6 Å². The zero-order valence-electron chi connectivity index (χ0n) is 18.5. The fourth-order valence-corrected chi connectivity index (χ4v) is 4.02. The molecule has 1 aromatic heterocycles. The number of rotatable bonds is 7. The zero-order chi connectivity index (χ0) is 24.2. The summed E-state index contributed by atoms with van der Waals surface area (Å²) in [6.07, 6.45) is 0. The van der Waals surface area contributed by atoms with Crippen LogP contribution < -0.4 is 15.1 Å². The van der Waals surface area contributed by atoms with Crippen molar-refractivity contribution in [2.24, 2.45) is 0 Å². The minimum atomic E-state index is -0.449. The Morgan fingerprint density at radius 2 is 1.29 bits per heavy atom. The van der Waals surface area contributed by atoms with E-state index in [1.165, 1.54) is 6.07 Å². The van der Waals surface area contributed by atoms with Crippen LogP contribution in [0, 0.1) is 0 Å². The molecule has 0 saturated heterocycles. The van der Waals surface area contributed by atoms with Gasteiger partial charge in [-0.15, -0.1) is 0 Å². The third-order valence-electron chi connectivity index (χ3n) is 5.49. The SMILES string of the molecule is O=c1cc(-c2ccccc2)c2c(OCc3ccc(Cl)cc3)cc(OCc3ccc(Cl)cc3)cc2o1. The lowest BCUT2D eigenvalue weighted by atomic mass is 10.0. The Kier molecular flexibility index (Phi) is 6.75. The van der Waals surface area contributed by atoms with Gasteiger partial charge in [-0.1, -0.05) is 77.8 Å². The summed E-state index contributed by atoms with van der Waals surface area (Å²) in [7, 11) is 0. The number of ether oxygens (including phenoxy) is 2. The minimum absolute atomic E-state index is 0.306. The maximum Gasteiger partial charge on any atom is 0.336 e. The molecule has 0 N–H and O–H groups in total. The van der Waals surface area contributed by atoms with Crippen LogP contribution in [0.3, 0.4) is 0 Å². The highest BCUT2D eigenvalue weighted by atomic mass is 35.5. The van der Waals surface area contributed by atoms with E-state index >= 15 is 0 Å². The van der Waals surface area contributed by atoms with Crippen LogP contribution in [-0.4, -0.2) is 0 Å². The van der Waals surface area contributed by atoms with Gasteiger partial charge < -0.3 is 13.9 Å². The molecule has 0 aliphatic heterocycles. The van der Waals surface area contributed by atoms with Crippen LogP contribution in [0.2, 0.25) is 10.0 Å². The van der Waals surface area contributed by atoms with Gasteiger partial charge in [0.05, 0.1) is 5.39 Å². The molecule has 4 aromatic carbocycles. The molecule has 0 aliphatic rings. The Morgan fingerprint density at radius 1 is 0.686 bits per heavy atom. The highest BCUT2D eigenvalue weighted by molar-refractivity contribution is 6.30. The summed E-state index contributed by atoms with van der Waals surface area (Å²) < 4.78 is 17.9. The number of fused-ring (bicyclic) bond motifs is 1. The molecule has 5 rings (SSSR count). The van der Waals surface area contributed by atoms with Crippen molar-refractivity contribution < 1.29 is 13.9 Å². The molecule has 0 aliphatic carbocycles. The van der Waals surface area contributed by atoms with E-state index in [0.29, 0.717) is 45.7 Å². The van der Waals surface area contributed by atoms with Crippen LogP contribution in [0.25, 0.3) is 22.1 Å². The molecule has 0 bridgehead atoms. The fourth-order valence-electron chi connectivity index (χ4n) is 3.77. The Bertz CT molecular complexity index is 1510. The first kappa shape index (κ1) is 23.0. The van der Waals surface area contributed by atoms with Gasteiger partial charge in [0.25, 0.3) is 0 Å². The molecule has 0 unspecified atom stereocenters. The predicted octanol–water partition coefficient (Wildman–Crippen LogP) is 7.92. The van der Waals surface area contributed by atoms with Gasteiger partial charge in [-0.2, -0.15) is 0 Å². The summed E-state index contributed by atoms with van der Waals surface area (Å²) in [5, 5.41) is 2.01. The molecule has 0 amide bonds. The topological polar surface area (TPSA) is 48.7 Å². The van der Waals surface area contributed by atoms with Crippen molar-refractivity contribution in [1.29, 1.82) is 0 Å². The molecule has 174 valence electrons. The first-order valence-corrected chi connectivity index (χ1v) is 11.7. The van der Waals surface area contributed by atoms with Gasteiger partial charge in [0.15, 0.2) is 0 Å². The molecule has 6 heteroatoms. The van der Waals surface area contributed by atoms with E-state index in [-0.39, 0.29) is 0 Å². The number of halogens is 2. The van der Waals surface area contributed by atoms with E-state index in [0.717, 1.165) is 22.3 Å². The van der Waals surface area contributed by atoms with Crippen LogP contribution in [-0.2, 0) is 13.2 Å². The molecule has 0 atom stereocenters. The van der Waals surface area contributed by atoms with Gasteiger partial charge in [0.1, 0.15) is 30.3 Å². The first-order chi connectivity index (χ1) is 17.0. The van der Waals surface area contributed by atoms with Crippen LogP contribution in [0.5, 0.6) is 11.5 Å². The summed E-state index contributed by atoms with van der Waals surface area (Å²) in [5.41, 5.74) is 3.46. The van der Waals surface area contributed by atoms with Crippen LogP contribution in [0.4, 0.5) is 0 Å². The number of hydrogen-bond acceptors (Lipinski definition) is 4. The van der Waals surface area contributed by atoms with Gasteiger partial charge in [0.2, 0.25) is 0 Å². The van der Waals surface area contributed by atoms with E-state index in [4.69, 9.17) is 37.1 Å². The quantitative estimate of drug-likeness (QED) is 0.212. The van der Waals surface area contributed by atoms with Gasteiger partial charge in [-0.05, 0) is 41.0 Å². The monoisotopic (exact) mass is 502 g/mol. The summed E-state index contributed by atoms with van der Waals surface area (Å²) in [4.78, 5) is 12.4. The number of hydrogen-bond donors (Lipinski definition) is 0. The third kappa shape index (κ3) is 5.51. The molecule has 0 spiro atoms. The van der Waals surface area contributed by atoms with E-state index in [2.05, 4.69) is 0 Å². The maximum atomic E-state index is 12.4. The normalized spacial score (nSPS) is 10.9. The molecule has 1 heterocycles. The molecule has 35 heavy (non-hydrogen) atoms. The molecule has 5 aromatic rings. The highest BCUT2D eigenvalue weighted by Crippen LogP contribution is 2.38. The van der Waals surface area contributed by atoms with E-state index in [1.807, 2.05) is 84.9 Å². The largest absolute Gasteiger partial charge is 0.489 e. The Balaban J connectivity index is 1.56. The minimum Gasteiger partial charge on any atom is -0.489 e. The molecular formula is C29H20Cl2O4. The van der Waals surface area contributed by atoms with E-state index in [1.54, 1.807) is 6.07 Å². The van der Waals surface area contributed by atoms with Gasteiger partial charge >= 0.3 is 5.63 Å². The standard InChI is InChI=1S/C29H20Cl2O4/c30-22-10-6-19(7-11-22)17-33-24-14-26(34-18-20-8-12-23(31)13-9-20)29-25(21-4-2-1-3-5-21)16-28(32)35-27(29)15-24/h1-16H,17-18H2. The average molecular weight is 503 g/mol. The van der Waals surface area contributed by atoms with Crippen molar-refractivity contribution in [2.75, 3.05) is 0 Å². The Hall–Kier alpha value is -3.73. The van der Waals surface area contributed by atoms with Crippen LogP contribution in [0.15, 0.2) is 106 Å². The van der Waals surface area contributed by atoms with Gasteiger partial charge in [-0.25, -0.2) is 4.79 Å². The maximum absolute atomic E-state index is 12.4. The second-order valence-corrected chi connectivity index (χ2v) is 8.84. The van der Waals surface area contributed by atoms with Crippen molar-refractivity contribution in [1.82, 2.24) is 0 Å². The average Bonchev–Trinajstić information content (AvgIpc) is 2.87. The Morgan fingerprint density at radius 3 is 1.91 bits per heavy atom. The molecular weight excluding hydrogens is 483 g/mol. The van der Waals surface area contributed by atoms with Crippen molar-refractivity contribution in [2.45, 2.75) is 13.2 Å². The lowest BCUT2D eigenvalue weighted by molar-refractivity contribution is 0.292. The van der Waals surface area contributed by atoms with E-state index < -0.39 is 5.63 Å². The zero-order valence-corrected chi connectivity index (χ0v) is 20.1. The van der Waals surface area contributed by atoms with Gasteiger partial charge in [0, 0.05) is 33.8 Å². The first-order valence-electron chi connectivity index (χ1n) is 11.0. The van der Waals surface area contributed by atoms with Crippen molar-refractivity contribution in [3.63, 3.8) is 0 Å². The smallest absolute Gasteiger partial charge is 0.336 e. The summed E-state index contributed by atoms with van der Waals surface area (Å²) in [6, 6.07) is 29.6. The summed E-state index contributed by atoms with van der Waals surface area (Å²) in [6.45, 7) is 0.627.